The second-order valence-corrected chi connectivity index (χ2v) is 5.07. The minimum Gasteiger partial charge on any atom is -0.346 e. The second kappa shape index (κ2) is 5.13. The van der Waals surface area contributed by atoms with Crippen LogP contribution in [-0.4, -0.2) is 30.8 Å². The van der Waals surface area contributed by atoms with E-state index in [1.54, 1.807) is 31.7 Å². The third kappa shape index (κ3) is 2.28. The summed E-state index contributed by atoms with van der Waals surface area (Å²) in [6.45, 7) is 1.77. The molecule has 0 aliphatic rings. The Kier molecular flexibility index (Phi) is 2.97. The van der Waals surface area contributed by atoms with Crippen LogP contribution in [0, 0.1) is 6.92 Å². The average molecular weight is 304 g/mol. The van der Waals surface area contributed by atoms with E-state index in [0.717, 1.165) is 10.8 Å². The SMILES string of the molecule is Cc1nc(NC(=O)c2nccc3ccncc23)c2cc[nH]c2n1. The maximum Gasteiger partial charge on any atom is 0.276 e. The summed E-state index contributed by atoms with van der Waals surface area (Å²) in [7, 11) is 0. The smallest absolute Gasteiger partial charge is 0.276 e. The number of hydrogen-bond donors (Lipinski definition) is 2. The van der Waals surface area contributed by atoms with Gasteiger partial charge in [0.15, 0.2) is 0 Å². The van der Waals surface area contributed by atoms with Gasteiger partial charge in [0, 0.05) is 30.2 Å². The molecule has 0 spiro atoms. The van der Waals surface area contributed by atoms with Gasteiger partial charge in [-0.1, -0.05) is 0 Å². The Labute approximate surface area is 130 Å². The van der Waals surface area contributed by atoms with Crippen LogP contribution < -0.4 is 5.32 Å². The number of H-pyrrole nitrogens is 1. The van der Waals surface area contributed by atoms with Crippen molar-refractivity contribution in [1.29, 1.82) is 0 Å². The number of nitrogens with one attached hydrogen (secondary N) is 2. The molecular weight excluding hydrogens is 292 g/mol. The van der Waals surface area contributed by atoms with Crippen molar-refractivity contribution in [3.63, 3.8) is 0 Å². The summed E-state index contributed by atoms with van der Waals surface area (Å²) in [6.07, 6.45) is 6.68. The van der Waals surface area contributed by atoms with Crippen LogP contribution >= 0.6 is 0 Å². The lowest BCUT2D eigenvalue weighted by Crippen LogP contribution is -2.16. The van der Waals surface area contributed by atoms with Crippen molar-refractivity contribution in [2.24, 2.45) is 0 Å². The molecule has 0 aromatic carbocycles. The van der Waals surface area contributed by atoms with Gasteiger partial charge in [0.25, 0.3) is 5.91 Å². The van der Waals surface area contributed by atoms with Crippen LogP contribution in [0.1, 0.15) is 16.3 Å². The van der Waals surface area contributed by atoms with Crippen LogP contribution in [0.15, 0.2) is 43.0 Å². The van der Waals surface area contributed by atoms with Crippen LogP contribution in [0.4, 0.5) is 5.82 Å². The van der Waals surface area contributed by atoms with Crippen LogP contribution in [0.5, 0.6) is 0 Å². The Hall–Kier alpha value is -3.35. The minimum absolute atomic E-state index is 0.315. The lowest BCUT2D eigenvalue weighted by atomic mass is 10.1. The first-order chi connectivity index (χ1) is 11.2. The molecule has 4 rings (SSSR count). The second-order valence-electron chi connectivity index (χ2n) is 5.07. The summed E-state index contributed by atoms with van der Waals surface area (Å²) in [5.74, 6) is 0.702. The topological polar surface area (TPSA) is 96.5 Å². The molecular formula is C16H12N6O. The first-order valence-electron chi connectivity index (χ1n) is 7.04. The van der Waals surface area contributed by atoms with Gasteiger partial charge in [-0.2, -0.15) is 0 Å². The first kappa shape index (κ1) is 13.3. The lowest BCUT2D eigenvalue weighted by Gasteiger charge is -2.08. The van der Waals surface area contributed by atoms with Crippen molar-refractivity contribution in [3.8, 4) is 0 Å². The van der Waals surface area contributed by atoms with Gasteiger partial charge in [-0.25, -0.2) is 9.97 Å². The number of pyridine rings is 2. The summed E-state index contributed by atoms with van der Waals surface area (Å²) in [6, 6.07) is 5.50. The molecule has 1 amide bonds. The number of rotatable bonds is 2. The Morgan fingerprint density at radius 3 is 2.91 bits per heavy atom. The zero-order valence-electron chi connectivity index (χ0n) is 12.2. The Morgan fingerprint density at radius 2 is 2.00 bits per heavy atom. The van der Waals surface area contributed by atoms with Crippen molar-refractivity contribution in [2.45, 2.75) is 6.92 Å². The predicted molar refractivity (Wildman–Crippen MR) is 86.1 cm³/mol. The maximum atomic E-state index is 12.6. The quantitative estimate of drug-likeness (QED) is 0.593. The molecule has 0 fully saturated rings. The van der Waals surface area contributed by atoms with E-state index in [4.69, 9.17) is 0 Å². The molecule has 0 saturated carbocycles. The fourth-order valence-electron chi connectivity index (χ4n) is 2.51. The van der Waals surface area contributed by atoms with Gasteiger partial charge >= 0.3 is 0 Å². The molecule has 4 heterocycles. The fourth-order valence-corrected chi connectivity index (χ4v) is 2.51. The highest BCUT2D eigenvalue weighted by Gasteiger charge is 2.15. The van der Waals surface area contributed by atoms with Gasteiger partial charge in [0.2, 0.25) is 0 Å². The summed E-state index contributed by atoms with van der Waals surface area (Å²) >= 11 is 0. The highest BCUT2D eigenvalue weighted by Crippen LogP contribution is 2.21. The van der Waals surface area contributed by atoms with Crippen molar-refractivity contribution in [3.05, 3.63) is 54.5 Å². The molecule has 0 bridgehead atoms. The number of aryl methyl sites for hydroxylation is 1. The van der Waals surface area contributed by atoms with E-state index < -0.39 is 0 Å². The minimum atomic E-state index is -0.329. The van der Waals surface area contributed by atoms with Crippen LogP contribution in [-0.2, 0) is 0 Å². The molecule has 0 aliphatic heterocycles. The number of nitrogens with zero attached hydrogens (tertiary/aromatic N) is 4. The molecule has 112 valence electrons. The number of amides is 1. The highest BCUT2D eigenvalue weighted by atomic mass is 16.1. The van der Waals surface area contributed by atoms with E-state index in [1.165, 1.54) is 0 Å². The highest BCUT2D eigenvalue weighted by molar-refractivity contribution is 6.12. The van der Waals surface area contributed by atoms with Crippen molar-refractivity contribution >= 4 is 33.5 Å². The Morgan fingerprint density at radius 1 is 1.13 bits per heavy atom. The van der Waals surface area contributed by atoms with E-state index in [2.05, 4.69) is 30.2 Å². The molecule has 0 unspecified atom stereocenters. The first-order valence-corrected chi connectivity index (χ1v) is 7.04. The summed E-state index contributed by atoms with van der Waals surface area (Å²) in [5.41, 5.74) is 0.996. The molecule has 2 N–H and O–H groups in total. The monoisotopic (exact) mass is 304 g/mol. The average Bonchev–Trinajstić information content (AvgIpc) is 3.02. The van der Waals surface area contributed by atoms with Gasteiger partial charge in [-0.3, -0.25) is 14.8 Å². The van der Waals surface area contributed by atoms with Crippen LogP contribution in [0.25, 0.3) is 21.8 Å². The maximum absolute atomic E-state index is 12.6. The summed E-state index contributed by atoms with van der Waals surface area (Å²) in [4.78, 5) is 32.5. The normalized spacial score (nSPS) is 11.0. The van der Waals surface area contributed by atoms with Crippen molar-refractivity contribution in [2.75, 3.05) is 5.32 Å². The molecule has 23 heavy (non-hydrogen) atoms. The molecule has 0 atom stereocenters. The van der Waals surface area contributed by atoms with Crippen LogP contribution in [0.3, 0.4) is 0 Å². The van der Waals surface area contributed by atoms with E-state index in [-0.39, 0.29) is 5.91 Å². The number of fused-ring (bicyclic) bond motifs is 2. The van der Waals surface area contributed by atoms with E-state index in [9.17, 15) is 4.79 Å². The van der Waals surface area contributed by atoms with Crippen molar-refractivity contribution in [1.82, 2.24) is 24.9 Å². The number of hydrogen-bond acceptors (Lipinski definition) is 5. The van der Waals surface area contributed by atoms with E-state index in [1.807, 2.05) is 18.2 Å². The molecule has 4 aromatic heterocycles. The third-order valence-electron chi connectivity index (χ3n) is 3.54. The number of carbonyl (C=O) groups excluding carboxylic acids is 1. The molecule has 4 aromatic rings. The van der Waals surface area contributed by atoms with Gasteiger partial charge in [-0.05, 0) is 30.5 Å². The zero-order valence-corrected chi connectivity index (χ0v) is 12.2. The summed E-state index contributed by atoms with van der Waals surface area (Å²) < 4.78 is 0. The predicted octanol–water partition coefficient (Wildman–Crippen LogP) is 2.46. The van der Waals surface area contributed by atoms with Gasteiger partial charge in [0.1, 0.15) is 23.0 Å². The third-order valence-corrected chi connectivity index (χ3v) is 3.54. The van der Waals surface area contributed by atoms with E-state index >= 15 is 0 Å². The zero-order chi connectivity index (χ0) is 15.8. The molecule has 0 radical (unpaired) electrons. The molecule has 7 heteroatoms. The van der Waals surface area contributed by atoms with E-state index in [0.29, 0.717) is 28.4 Å². The molecule has 0 saturated heterocycles. The number of carbonyl (C=O) groups is 1. The van der Waals surface area contributed by atoms with Gasteiger partial charge in [-0.15, -0.1) is 0 Å². The molecule has 7 nitrogen and oxygen atoms in total. The number of anilines is 1. The summed E-state index contributed by atoms with van der Waals surface area (Å²) in [5, 5.41) is 5.18. The van der Waals surface area contributed by atoms with Gasteiger partial charge < -0.3 is 10.3 Å². The van der Waals surface area contributed by atoms with Gasteiger partial charge in [0.05, 0.1) is 5.39 Å². The largest absolute Gasteiger partial charge is 0.346 e. The van der Waals surface area contributed by atoms with Crippen molar-refractivity contribution < 1.29 is 4.79 Å². The fraction of sp³-hybridized carbons (Fsp3) is 0.0625. The standard InChI is InChI=1S/C16H12N6O/c1-9-20-14-11(4-7-19-14)15(21-9)22-16(23)13-12-8-17-5-2-10(12)3-6-18-13/h2-8H,1H3,(H2,19,20,21,22,23). The Bertz CT molecular complexity index is 1030. The Balaban J connectivity index is 1.78. The lowest BCUT2D eigenvalue weighted by molar-refractivity contribution is 0.102. The molecule has 0 aliphatic carbocycles. The number of aromatic nitrogens is 5. The number of aromatic amines is 1. The van der Waals surface area contributed by atoms with Crippen LogP contribution in [0.2, 0.25) is 0 Å².